The highest BCUT2D eigenvalue weighted by Crippen LogP contribution is 2.31. The average Bonchev–Trinajstić information content (AvgIpc) is 3.10. The molecule has 1 N–H and O–H groups in total. The lowest BCUT2D eigenvalue weighted by Gasteiger charge is -2.28. The Morgan fingerprint density at radius 3 is 2.50 bits per heavy atom. The van der Waals surface area contributed by atoms with Crippen LogP contribution in [0.2, 0.25) is 0 Å². The second-order valence-electron chi connectivity index (χ2n) is 8.74. The molecule has 0 saturated carbocycles. The van der Waals surface area contributed by atoms with E-state index in [4.69, 9.17) is 9.47 Å². The molecule has 1 aromatic carbocycles. The molecule has 0 bridgehead atoms. The molecule has 2 aliphatic rings. The number of likely N-dealkylation sites (tertiary alicyclic amines) is 1. The Bertz CT molecular complexity index is 618. The van der Waals surface area contributed by atoms with E-state index < -0.39 is 0 Å². The number of nitrogens with one attached hydrogen (secondary N) is 1. The van der Waals surface area contributed by atoms with Gasteiger partial charge in [0.2, 0.25) is 5.91 Å². The molecule has 1 saturated heterocycles. The molecule has 5 nitrogen and oxygen atoms in total. The Morgan fingerprint density at radius 2 is 1.81 bits per heavy atom. The minimum Gasteiger partial charge on any atom is -0.486 e. The number of amides is 1. The molecule has 5 heteroatoms. The van der Waals surface area contributed by atoms with Crippen molar-refractivity contribution in [3.63, 3.8) is 0 Å². The molecule has 0 atom stereocenters. The van der Waals surface area contributed by atoms with E-state index in [1.165, 1.54) is 25.9 Å². The Kier molecular flexibility index (Phi) is 6.07. The van der Waals surface area contributed by atoms with Crippen LogP contribution in [-0.2, 0) is 11.3 Å². The normalized spacial score (nSPS) is 17.3. The van der Waals surface area contributed by atoms with E-state index in [9.17, 15) is 4.79 Å². The van der Waals surface area contributed by atoms with Gasteiger partial charge in [0, 0.05) is 25.8 Å². The van der Waals surface area contributed by atoms with Gasteiger partial charge in [-0.05, 0) is 23.1 Å². The molecule has 144 valence electrons. The first-order valence-corrected chi connectivity index (χ1v) is 9.91. The van der Waals surface area contributed by atoms with Crippen LogP contribution in [0.3, 0.4) is 0 Å². The largest absolute Gasteiger partial charge is 0.486 e. The molecule has 0 spiro atoms. The fraction of sp³-hybridized carbons (Fsp3) is 0.667. The lowest BCUT2D eigenvalue weighted by molar-refractivity contribution is -0.886. The van der Waals surface area contributed by atoms with Crippen LogP contribution < -0.4 is 14.4 Å². The third-order valence-electron chi connectivity index (χ3n) is 5.06. The number of carbonyl (C=O) groups is 1. The fourth-order valence-electron chi connectivity index (χ4n) is 3.68. The summed E-state index contributed by atoms with van der Waals surface area (Å²) in [5.74, 6) is 1.84. The van der Waals surface area contributed by atoms with E-state index in [0.29, 0.717) is 26.2 Å². The fourth-order valence-corrected chi connectivity index (χ4v) is 3.68. The van der Waals surface area contributed by atoms with Crippen molar-refractivity contribution in [2.45, 2.75) is 46.6 Å². The number of rotatable bonds is 6. The number of ether oxygens (including phenoxy) is 2. The summed E-state index contributed by atoms with van der Waals surface area (Å²) in [6.07, 6.45) is 3.20. The van der Waals surface area contributed by atoms with Gasteiger partial charge in [0.15, 0.2) is 11.5 Å². The summed E-state index contributed by atoms with van der Waals surface area (Å²) in [6.45, 7) is 12.5. The number of quaternary nitrogens is 1. The third kappa shape index (κ3) is 5.37. The van der Waals surface area contributed by atoms with Gasteiger partial charge in [-0.15, -0.1) is 0 Å². The van der Waals surface area contributed by atoms with Crippen LogP contribution in [-0.4, -0.2) is 50.2 Å². The third-order valence-corrected chi connectivity index (χ3v) is 5.06. The number of carbonyl (C=O) groups excluding carboxylic acids is 1. The predicted molar refractivity (Wildman–Crippen MR) is 102 cm³/mol. The first-order chi connectivity index (χ1) is 12.4. The van der Waals surface area contributed by atoms with E-state index in [1.807, 2.05) is 23.1 Å². The summed E-state index contributed by atoms with van der Waals surface area (Å²) in [5.41, 5.74) is 1.11. The van der Waals surface area contributed by atoms with Crippen molar-refractivity contribution in [3.8, 4) is 11.5 Å². The second kappa shape index (κ2) is 8.30. The van der Waals surface area contributed by atoms with Gasteiger partial charge in [0.05, 0.1) is 26.2 Å². The Hall–Kier alpha value is -1.75. The van der Waals surface area contributed by atoms with Crippen LogP contribution in [0.4, 0.5) is 0 Å². The van der Waals surface area contributed by atoms with Crippen LogP contribution in [0.15, 0.2) is 18.2 Å². The standard InChI is InChI=1S/C21H32N2O3/c1-21(2,3)15-20(24)23(11-10-22-8-4-5-9-22)16-17-6-7-18-19(14-17)26-13-12-25-18/h6-7,14H,4-5,8-13,15-16H2,1-3H3/p+1. The van der Waals surface area contributed by atoms with Crippen LogP contribution >= 0.6 is 0 Å². The molecule has 2 aliphatic heterocycles. The number of hydrogen-bond acceptors (Lipinski definition) is 3. The Balaban J connectivity index is 1.68. The molecule has 2 heterocycles. The zero-order chi connectivity index (χ0) is 18.6. The monoisotopic (exact) mass is 361 g/mol. The van der Waals surface area contributed by atoms with Crippen LogP contribution in [0, 0.1) is 5.41 Å². The minimum absolute atomic E-state index is 0.00262. The summed E-state index contributed by atoms with van der Waals surface area (Å²) >= 11 is 0. The molecule has 26 heavy (non-hydrogen) atoms. The molecule has 0 aliphatic carbocycles. The number of hydrogen-bond donors (Lipinski definition) is 1. The van der Waals surface area contributed by atoms with Gasteiger partial charge in [0.1, 0.15) is 13.2 Å². The van der Waals surface area contributed by atoms with Crippen molar-refractivity contribution in [1.29, 1.82) is 0 Å². The quantitative estimate of drug-likeness (QED) is 0.842. The first kappa shape index (κ1) is 19.0. The van der Waals surface area contributed by atoms with Crippen LogP contribution in [0.25, 0.3) is 0 Å². The smallest absolute Gasteiger partial charge is 0.223 e. The van der Waals surface area contributed by atoms with Crippen molar-refractivity contribution in [3.05, 3.63) is 23.8 Å². The van der Waals surface area contributed by atoms with Gasteiger partial charge in [-0.25, -0.2) is 0 Å². The van der Waals surface area contributed by atoms with Crippen molar-refractivity contribution in [2.24, 2.45) is 5.41 Å². The van der Waals surface area contributed by atoms with Crippen LogP contribution in [0.5, 0.6) is 11.5 Å². The van der Waals surface area contributed by atoms with Crippen molar-refractivity contribution >= 4 is 5.91 Å². The highest BCUT2D eigenvalue weighted by atomic mass is 16.6. The lowest BCUT2D eigenvalue weighted by Crippen LogP contribution is -3.10. The Labute approximate surface area is 157 Å². The van der Waals surface area contributed by atoms with Gasteiger partial charge in [0.25, 0.3) is 0 Å². The summed E-state index contributed by atoms with van der Waals surface area (Å²) in [4.78, 5) is 16.6. The molecule has 3 rings (SSSR count). The highest BCUT2D eigenvalue weighted by Gasteiger charge is 2.24. The molecule has 0 aromatic heterocycles. The zero-order valence-corrected chi connectivity index (χ0v) is 16.5. The molecule has 1 fully saturated rings. The summed E-state index contributed by atoms with van der Waals surface area (Å²) in [7, 11) is 0. The number of nitrogens with zero attached hydrogens (tertiary/aromatic N) is 1. The highest BCUT2D eigenvalue weighted by molar-refractivity contribution is 5.76. The zero-order valence-electron chi connectivity index (χ0n) is 16.5. The first-order valence-electron chi connectivity index (χ1n) is 9.91. The molecular formula is C21H33N2O3+. The summed E-state index contributed by atoms with van der Waals surface area (Å²) in [6, 6.07) is 6.03. The molecular weight excluding hydrogens is 328 g/mol. The van der Waals surface area contributed by atoms with Crippen LogP contribution in [0.1, 0.15) is 45.6 Å². The van der Waals surface area contributed by atoms with E-state index in [-0.39, 0.29) is 11.3 Å². The van der Waals surface area contributed by atoms with Gasteiger partial charge in [-0.2, -0.15) is 0 Å². The molecule has 0 unspecified atom stereocenters. The van der Waals surface area contributed by atoms with Gasteiger partial charge in [-0.3, -0.25) is 4.79 Å². The van der Waals surface area contributed by atoms with Crippen molar-refractivity contribution in [2.75, 3.05) is 39.4 Å². The topological polar surface area (TPSA) is 43.2 Å². The lowest BCUT2D eigenvalue weighted by atomic mass is 9.91. The van der Waals surface area contributed by atoms with Gasteiger partial charge < -0.3 is 19.3 Å². The van der Waals surface area contributed by atoms with E-state index in [2.05, 4.69) is 20.8 Å². The maximum absolute atomic E-state index is 12.9. The second-order valence-corrected chi connectivity index (χ2v) is 8.74. The molecule has 0 radical (unpaired) electrons. The summed E-state index contributed by atoms with van der Waals surface area (Å²) in [5, 5.41) is 0. The van der Waals surface area contributed by atoms with Gasteiger partial charge in [-0.1, -0.05) is 26.8 Å². The van der Waals surface area contributed by atoms with E-state index in [0.717, 1.165) is 30.2 Å². The van der Waals surface area contributed by atoms with Crippen molar-refractivity contribution < 1.29 is 19.2 Å². The maximum Gasteiger partial charge on any atom is 0.223 e. The minimum atomic E-state index is 0.00262. The summed E-state index contributed by atoms with van der Waals surface area (Å²) < 4.78 is 11.3. The SMILES string of the molecule is CC(C)(C)CC(=O)N(CC[NH+]1CCCC1)Cc1ccc2c(c1)OCCO2. The molecule has 1 amide bonds. The number of benzene rings is 1. The number of fused-ring (bicyclic) bond motifs is 1. The maximum atomic E-state index is 12.9. The van der Waals surface area contributed by atoms with Gasteiger partial charge >= 0.3 is 0 Å². The molecule has 1 aromatic rings. The van der Waals surface area contributed by atoms with E-state index >= 15 is 0 Å². The predicted octanol–water partition coefficient (Wildman–Crippen LogP) is 1.90. The average molecular weight is 362 g/mol. The Morgan fingerprint density at radius 1 is 1.12 bits per heavy atom. The van der Waals surface area contributed by atoms with Crippen molar-refractivity contribution in [1.82, 2.24) is 4.90 Å². The van der Waals surface area contributed by atoms with E-state index in [1.54, 1.807) is 4.90 Å².